The van der Waals surface area contributed by atoms with Gasteiger partial charge in [0.15, 0.2) is 0 Å². The number of rotatable bonds is 6. The lowest BCUT2D eigenvalue weighted by Crippen LogP contribution is -2.44. The lowest BCUT2D eigenvalue weighted by molar-refractivity contribution is -0.0719. The largest absolute Gasteiger partial charge is 0.468 e. The Morgan fingerprint density at radius 1 is 1.32 bits per heavy atom. The molecule has 0 saturated carbocycles. The zero-order valence-electron chi connectivity index (χ0n) is 12.3. The molecule has 1 saturated heterocycles. The molecule has 19 heavy (non-hydrogen) atoms. The molecule has 1 aromatic heterocycles. The van der Waals surface area contributed by atoms with E-state index in [9.17, 15) is 0 Å². The van der Waals surface area contributed by atoms with Gasteiger partial charge in [-0.3, -0.25) is 4.90 Å². The molecule has 0 aliphatic carbocycles. The first-order valence-electron chi connectivity index (χ1n) is 7.32. The highest BCUT2D eigenvalue weighted by molar-refractivity contribution is 5.16. The maximum absolute atomic E-state index is 5.76. The van der Waals surface area contributed by atoms with Crippen molar-refractivity contribution in [3.8, 4) is 0 Å². The molecule has 0 unspecified atom stereocenters. The summed E-state index contributed by atoms with van der Waals surface area (Å²) < 4.78 is 11.4. The molecule has 0 spiro atoms. The van der Waals surface area contributed by atoms with Crippen molar-refractivity contribution in [3.63, 3.8) is 0 Å². The maximum atomic E-state index is 5.76. The van der Waals surface area contributed by atoms with Gasteiger partial charge in [0.25, 0.3) is 0 Å². The van der Waals surface area contributed by atoms with Crippen LogP contribution < -0.4 is 5.32 Å². The molecule has 1 N–H and O–H groups in total. The van der Waals surface area contributed by atoms with Gasteiger partial charge in [-0.1, -0.05) is 6.92 Å². The minimum atomic E-state index is 0.306. The number of hydrogen-bond donors (Lipinski definition) is 1. The van der Waals surface area contributed by atoms with Gasteiger partial charge in [0.1, 0.15) is 5.76 Å². The number of nitrogens with one attached hydrogen (secondary N) is 1. The first-order chi connectivity index (χ1) is 9.19. The number of ether oxygens (including phenoxy) is 1. The van der Waals surface area contributed by atoms with Gasteiger partial charge in [-0.05, 0) is 32.9 Å². The van der Waals surface area contributed by atoms with Crippen LogP contribution in [0.5, 0.6) is 0 Å². The van der Waals surface area contributed by atoms with Gasteiger partial charge in [0, 0.05) is 25.2 Å². The summed E-state index contributed by atoms with van der Waals surface area (Å²) in [6, 6.07) is 2.07. The first-order valence-corrected chi connectivity index (χ1v) is 7.32. The van der Waals surface area contributed by atoms with Crippen molar-refractivity contribution in [2.45, 2.75) is 52.5 Å². The second kappa shape index (κ2) is 7.08. The van der Waals surface area contributed by atoms with E-state index in [0.717, 1.165) is 44.9 Å². The normalized spacial score (nSPS) is 24.8. The Hall–Kier alpha value is -0.840. The Balaban J connectivity index is 1.89. The minimum absolute atomic E-state index is 0.306. The van der Waals surface area contributed by atoms with Crippen LogP contribution in [-0.2, 0) is 17.8 Å². The van der Waals surface area contributed by atoms with Crippen molar-refractivity contribution in [2.75, 3.05) is 19.6 Å². The maximum Gasteiger partial charge on any atom is 0.122 e. The molecular formula is C15H26N2O2. The molecular weight excluding hydrogens is 240 g/mol. The molecule has 1 aliphatic heterocycles. The van der Waals surface area contributed by atoms with Crippen LogP contribution in [0.2, 0.25) is 0 Å². The van der Waals surface area contributed by atoms with Gasteiger partial charge in [0.2, 0.25) is 0 Å². The van der Waals surface area contributed by atoms with E-state index in [0.29, 0.717) is 12.2 Å². The molecule has 0 amide bonds. The molecule has 2 rings (SSSR count). The van der Waals surface area contributed by atoms with Crippen LogP contribution in [0.4, 0.5) is 0 Å². The van der Waals surface area contributed by atoms with Crippen LogP contribution in [-0.4, -0.2) is 36.7 Å². The minimum Gasteiger partial charge on any atom is -0.468 e. The van der Waals surface area contributed by atoms with Crippen molar-refractivity contribution < 1.29 is 9.15 Å². The third kappa shape index (κ3) is 4.34. The standard InChI is InChI=1S/C15H26N2O2/c1-4-6-16-8-14-5-7-18-15(14)11-17-9-12(2)19-13(3)10-17/h5,7,12-13,16H,4,6,8-11H2,1-3H3/t12-,13+. The van der Waals surface area contributed by atoms with Crippen molar-refractivity contribution in [2.24, 2.45) is 0 Å². The molecule has 2 heterocycles. The summed E-state index contributed by atoms with van der Waals surface area (Å²) in [6.07, 6.45) is 3.57. The second-order valence-corrected chi connectivity index (χ2v) is 5.50. The number of hydrogen-bond acceptors (Lipinski definition) is 4. The molecule has 1 aliphatic rings. The van der Waals surface area contributed by atoms with Crippen molar-refractivity contribution in [1.29, 1.82) is 0 Å². The highest BCUT2D eigenvalue weighted by Gasteiger charge is 2.23. The first kappa shape index (κ1) is 14.6. The quantitative estimate of drug-likeness (QED) is 0.802. The Bertz CT molecular complexity index is 368. The van der Waals surface area contributed by atoms with Gasteiger partial charge in [-0.15, -0.1) is 0 Å². The molecule has 0 radical (unpaired) electrons. The molecule has 108 valence electrons. The van der Waals surface area contributed by atoms with Gasteiger partial charge < -0.3 is 14.5 Å². The Kier molecular flexibility index (Phi) is 5.43. The summed E-state index contributed by atoms with van der Waals surface area (Å²) >= 11 is 0. The number of nitrogens with zero attached hydrogens (tertiary/aromatic N) is 1. The fourth-order valence-corrected chi connectivity index (χ4v) is 2.68. The summed E-state index contributed by atoms with van der Waals surface area (Å²) in [5, 5.41) is 3.43. The fraction of sp³-hybridized carbons (Fsp3) is 0.733. The molecule has 1 aromatic rings. The summed E-state index contributed by atoms with van der Waals surface area (Å²) in [6.45, 7) is 11.2. The van der Waals surface area contributed by atoms with Gasteiger partial charge in [-0.25, -0.2) is 0 Å². The van der Waals surface area contributed by atoms with Crippen molar-refractivity contribution >= 4 is 0 Å². The number of morpholine rings is 1. The fourth-order valence-electron chi connectivity index (χ4n) is 2.68. The highest BCUT2D eigenvalue weighted by Crippen LogP contribution is 2.17. The average Bonchev–Trinajstić information content (AvgIpc) is 2.76. The predicted molar refractivity (Wildman–Crippen MR) is 76.0 cm³/mol. The van der Waals surface area contributed by atoms with E-state index >= 15 is 0 Å². The molecule has 2 atom stereocenters. The van der Waals surface area contributed by atoms with E-state index in [2.05, 4.69) is 37.1 Å². The molecule has 4 nitrogen and oxygen atoms in total. The van der Waals surface area contributed by atoms with Crippen LogP contribution in [0.1, 0.15) is 38.5 Å². The molecule has 4 heteroatoms. The zero-order chi connectivity index (χ0) is 13.7. The summed E-state index contributed by atoms with van der Waals surface area (Å²) in [5.74, 6) is 1.09. The predicted octanol–water partition coefficient (Wildman–Crippen LogP) is 2.39. The van der Waals surface area contributed by atoms with Crippen LogP contribution in [0.3, 0.4) is 0 Å². The van der Waals surface area contributed by atoms with E-state index in [1.54, 1.807) is 6.26 Å². The van der Waals surface area contributed by atoms with Gasteiger partial charge in [-0.2, -0.15) is 0 Å². The van der Waals surface area contributed by atoms with E-state index < -0.39 is 0 Å². The number of furan rings is 1. The van der Waals surface area contributed by atoms with E-state index in [1.165, 1.54) is 5.56 Å². The second-order valence-electron chi connectivity index (χ2n) is 5.50. The van der Waals surface area contributed by atoms with Gasteiger partial charge >= 0.3 is 0 Å². The van der Waals surface area contributed by atoms with Crippen LogP contribution in [0, 0.1) is 0 Å². The monoisotopic (exact) mass is 266 g/mol. The third-order valence-corrected chi connectivity index (χ3v) is 3.44. The summed E-state index contributed by atoms with van der Waals surface area (Å²) in [4.78, 5) is 2.42. The van der Waals surface area contributed by atoms with Crippen LogP contribution >= 0.6 is 0 Å². The summed E-state index contributed by atoms with van der Waals surface area (Å²) in [5.41, 5.74) is 1.28. The van der Waals surface area contributed by atoms with Crippen molar-refractivity contribution in [3.05, 3.63) is 23.7 Å². The lowest BCUT2D eigenvalue weighted by Gasteiger charge is -2.34. The topological polar surface area (TPSA) is 37.6 Å². The van der Waals surface area contributed by atoms with Gasteiger partial charge in [0.05, 0.1) is 25.0 Å². The van der Waals surface area contributed by atoms with E-state index in [-0.39, 0.29) is 0 Å². The Morgan fingerprint density at radius 2 is 2.05 bits per heavy atom. The molecule has 0 aromatic carbocycles. The highest BCUT2D eigenvalue weighted by atomic mass is 16.5. The van der Waals surface area contributed by atoms with Crippen LogP contribution in [0.25, 0.3) is 0 Å². The smallest absolute Gasteiger partial charge is 0.122 e. The third-order valence-electron chi connectivity index (χ3n) is 3.44. The Labute approximate surface area is 116 Å². The SMILES string of the molecule is CCCNCc1ccoc1CN1C[C@@H](C)O[C@@H](C)C1. The van der Waals surface area contributed by atoms with Crippen molar-refractivity contribution in [1.82, 2.24) is 10.2 Å². The molecule has 1 fully saturated rings. The van der Waals surface area contributed by atoms with E-state index in [4.69, 9.17) is 9.15 Å². The van der Waals surface area contributed by atoms with E-state index in [1.807, 2.05) is 0 Å². The van der Waals surface area contributed by atoms with Crippen LogP contribution in [0.15, 0.2) is 16.7 Å². The Morgan fingerprint density at radius 3 is 2.74 bits per heavy atom. The molecule has 0 bridgehead atoms. The summed E-state index contributed by atoms with van der Waals surface area (Å²) in [7, 11) is 0. The average molecular weight is 266 g/mol. The lowest BCUT2D eigenvalue weighted by atomic mass is 10.2. The zero-order valence-corrected chi connectivity index (χ0v) is 12.3.